The lowest BCUT2D eigenvalue weighted by molar-refractivity contribution is 0.0985. The molecule has 0 radical (unpaired) electrons. The van der Waals surface area contributed by atoms with Gasteiger partial charge in [-0.25, -0.2) is 9.97 Å². The van der Waals surface area contributed by atoms with Crippen molar-refractivity contribution in [1.29, 1.82) is 0 Å². The molecule has 0 unspecified atom stereocenters. The Morgan fingerprint density at radius 3 is 2.62 bits per heavy atom. The molecule has 192 valence electrons. The predicted molar refractivity (Wildman–Crippen MR) is 143 cm³/mol. The highest BCUT2D eigenvalue weighted by atomic mass is 35.5. The summed E-state index contributed by atoms with van der Waals surface area (Å²) in [5.41, 5.74) is 1.45. The lowest BCUT2D eigenvalue weighted by Crippen LogP contribution is -2.21. The van der Waals surface area contributed by atoms with E-state index in [1.165, 1.54) is 32.3 Å². The molecule has 1 fully saturated rings. The standard InChI is InChI=1S/C25H25Cl2N7O3/c26-16-5-3-6-17(27)20(16)32-23(35)21-22(29-14-28-21)24(36)33-25-30-18-8-7-15(13-19(18)31-25)37-12-4-11-34-9-1-2-10-34/h3,5-8,13-14H,1-2,4,9-12H2,(H,28,29)(H,32,35)(H2,30,31,33,36). The van der Waals surface area contributed by atoms with Crippen LogP contribution in [0.5, 0.6) is 5.75 Å². The molecule has 37 heavy (non-hydrogen) atoms. The number of amides is 2. The Morgan fingerprint density at radius 2 is 1.84 bits per heavy atom. The van der Waals surface area contributed by atoms with Gasteiger partial charge in [0.2, 0.25) is 5.95 Å². The maximum absolute atomic E-state index is 12.9. The van der Waals surface area contributed by atoms with Crippen molar-refractivity contribution >= 4 is 57.7 Å². The third-order valence-electron chi connectivity index (χ3n) is 6.05. The first-order valence-electron chi connectivity index (χ1n) is 11.9. The molecule has 0 bridgehead atoms. The van der Waals surface area contributed by atoms with Gasteiger partial charge in [-0.3, -0.25) is 14.9 Å². The minimum absolute atomic E-state index is 0.0470. The van der Waals surface area contributed by atoms with Crippen LogP contribution in [0.4, 0.5) is 11.6 Å². The number of imidazole rings is 2. The fourth-order valence-electron chi connectivity index (χ4n) is 4.22. The van der Waals surface area contributed by atoms with Crippen molar-refractivity contribution in [3.63, 3.8) is 0 Å². The second-order valence-electron chi connectivity index (χ2n) is 8.65. The number of carbonyl (C=O) groups excluding carboxylic acids is 2. The highest BCUT2D eigenvalue weighted by molar-refractivity contribution is 6.40. The number of hydrogen-bond acceptors (Lipinski definition) is 6. The SMILES string of the molecule is O=C(Nc1nc2ccc(OCCCN3CCCC3)cc2[nH]1)c1nc[nH]c1C(=O)Nc1c(Cl)cccc1Cl. The van der Waals surface area contributed by atoms with E-state index in [1.807, 2.05) is 18.2 Å². The first-order valence-corrected chi connectivity index (χ1v) is 12.7. The van der Waals surface area contributed by atoms with Gasteiger partial charge < -0.3 is 24.9 Å². The van der Waals surface area contributed by atoms with Crippen LogP contribution < -0.4 is 15.4 Å². The summed E-state index contributed by atoms with van der Waals surface area (Å²) in [6.45, 7) is 4.02. The highest BCUT2D eigenvalue weighted by Gasteiger charge is 2.23. The zero-order valence-electron chi connectivity index (χ0n) is 19.8. The Bertz CT molecular complexity index is 1410. The van der Waals surface area contributed by atoms with Gasteiger partial charge in [0.05, 0.1) is 39.7 Å². The van der Waals surface area contributed by atoms with E-state index in [9.17, 15) is 9.59 Å². The fraction of sp³-hybridized carbons (Fsp3) is 0.280. The Morgan fingerprint density at radius 1 is 1.05 bits per heavy atom. The van der Waals surface area contributed by atoms with E-state index in [0.717, 1.165) is 18.7 Å². The molecule has 2 aromatic carbocycles. The number of benzene rings is 2. The molecule has 4 aromatic rings. The summed E-state index contributed by atoms with van der Waals surface area (Å²) in [4.78, 5) is 42.3. The predicted octanol–water partition coefficient (Wildman–Crippen LogP) is 4.96. The largest absolute Gasteiger partial charge is 0.493 e. The van der Waals surface area contributed by atoms with Crippen LogP contribution in [-0.2, 0) is 0 Å². The number of aromatic nitrogens is 4. The van der Waals surface area contributed by atoms with Crippen molar-refractivity contribution in [1.82, 2.24) is 24.8 Å². The second kappa shape index (κ2) is 11.2. The number of rotatable bonds is 9. The molecule has 1 saturated heterocycles. The summed E-state index contributed by atoms with van der Waals surface area (Å²) in [6, 6.07) is 10.4. The van der Waals surface area contributed by atoms with Crippen LogP contribution in [0.1, 0.15) is 40.2 Å². The minimum Gasteiger partial charge on any atom is -0.493 e. The average molecular weight is 542 g/mol. The van der Waals surface area contributed by atoms with Gasteiger partial charge in [0.25, 0.3) is 11.8 Å². The van der Waals surface area contributed by atoms with Gasteiger partial charge in [-0.2, -0.15) is 0 Å². The van der Waals surface area contributed by atoms with Crippen LogP contribution in [0.2, 0.25) is 10.0 Å². The van der Waals surface area contributed by atoms with E-state index in [0.29, 0.717) is 17.6 Å². The number of para-hydroxylation sites is 1. The van der Waals surface area contributed by atoms with Crippen LogP contribution in [0, 0.1) is 0 Å². The third-order valence-corrected chi connectivity index (χ3v) is 6.68. The normalized spacial score (nSPS) is 13.7. The smallest absolute Gasteiger partial charge is 0.279 e. The summed E-state index contributed by atoms with van der Waals surface area (Å²) in [6.07, 6.45) is 4.78. The molecule has 1 aliphatic rings. The van der Waals surface area contributed by atoms with Crippen molar-refractivity contribution < 1.29 is 14.3 Å². The Labute approximate surface area is 222 Å². The number of fused-ring (bicyclic) bond motifs is 1. The number of halogens is 2. The van der Waals surface area contributed by atoms with Crippen LogP contribution in [-0.4, -0.2) is 62.9 Å². The van der Waals surface area contributed by atoms with Gasteiger partial charge in [0.15, 0.2) is 5.69 Å². The number of nitrogens with zero attached hydrogens (tertiary/aromatic N) is 3. The zero-order chi connectivity index (χ0) is 25.8. The highest BCUT2D eigenvalue weighted by Crippen LogP contribution is 2.30. The van der Waals surface area contributed by atoms with E-state index in [4.69, 9.17) is 27.9 Å². The van der Waals surface area contributed by atoms with E-state index in [-0.39, 0.29) is 33.1 Å². The monoisotopic (exact) mass is 541 g/mol. The van der Waals surface area contributed by atoms with Crippen LogP contribution in [0.15, 0.2) is 42.7 Å². The van der Waals surface area contributed by atoms with Gasteiger partial charge in [-0.1, -0.05) is 29.3 Å². The average Bonchev–Trinajstić information content (AvgIpc) is 3.64. The number of H-pyrrole nitrogens is 2. The molecule has 12 heteroatoms. The van der Waals surface area contributed by atoms with Gasteiger partial charge in [-0.15, -0.1) is 0 Å². The quantitative estimate of drug-likeness (QED) is 0.221. The Balaban J connectivity index is 1.22. The number of anilines is 2. The first-order chi connectivity index (χ1) is 18.0. The van der Waals surface area contributed by atoms with E-state index in [2.05, 4.69) is 35.5 Å². The molecular weight excluding hydrogens is 517 g/mol. The summed E-state index contributed by atoms with van der Waals surface area (Å²) in [7, 11) is 0. The Kier molecular flexibility index (Phi) is 7.59. The molecule has 4 N–H and O–H groups in total. The lowest BCUT2D eigenvalue weighted by Gasteiger charge is -2.14. The summed E-state index contributed by atoms with van der Waals surface area (Å²) < 4.78 is 5.89. The number of ether oxygens (including phenoxy) is 1. The molecule has 10 nitrogen and oxygen atoms in total. The van der Waals surface area contributed by atoms with Crippen molar-refractivity contribution in [2.45, 2.75) is 19.3 Å². The maximum atomic E-state index is 12.9. The van der Waals surface area contributed by atoms with Gasteiger partial charge in [-0.05, 0) is 56.6 Å². The van der Waals surface area contributed by atoms with Gasteiger partial charge in [0.1, 0.15) is 11.4 Å². The summed E-state index contributed by atoms with van der Waals surface area (Å²) >= 11 is 12.3. The van der Waals surface area contributed by atoms with Crippen LogP contribution in [0.3, 0.4) is 0 Å². The molecule has 2 amide bonds. The number of carbonyl (C=O) groups is 2. The number of nitrogens with one attached hydrogen (secondary N) is 4. The molecule has 0 atom stereocenters. The van der Waals surface area contributed by atoms with E-state index >= 15 is 0 Å². The zero-order valence-corrected chi connectivity index (χ0v) is 21.3. The maximum Gasteiger partial charge on any atom is 0.279 e. The van der Waals surface area contributed by atoms with E-state index < -0.39 is 11.8 Å². The van der Waals surface area contributed by atoms with Crippen molar-refractivity contribution in [2.75, 3.05) is 36.9 Å². The molecule has 0 aliphatic carbocycles. The van der Waals surface area contributed by atoms with E-state index in [1.54, 1.807) is 18.2 Å². The summed E-state index contributed by atoms with van der Waals surface area (Å²) in [5.74, 6) is -0.294. The molecule has 0 spiro atoms. The molecule has 5 rings (SSSR count). The van der Waals surface area contributed by atoms with Crippen LogP contribution in [0.25, 0.3) is 11.0 Å². The third kappa shape index (κ3) is 5.87. The molecule has 1 aliphatic heterocycles. The molecular formula is C25H25Cl2N7O3. The lowest BCUT2D eigenvalue weighted by atomic mass is 10.2. The molecule has 3 heterocycles. The minimum atomic E-state index is -0.617. The van der Waals surface area contributed by atoms with Crippen molar-refractivity contribution in [3.8, 4) is 5.75 Å². The topological polar surface area (TPSA) is 128 Å². The number of aromatic amines is 2. The first kappa shape index (κ1) is 25.1. The number of likely N-dealkylation sites (tertiary alicyclic amines) is 1. The van der Waals surface area contributed by atoms with Crippen molar-refractivity contribution in [2.24, 2.45) is 0 Å². The molecule has 0 saturated carbocycles. The van der Waals surface area contributed by atoms with Gasteiger partial charge in [0, 0.05) is 12.6 Å². The second-order valence-corrected chi connectivity index (χ2v) is 9.46. The number of hydrogen-bond donors (Lipinski definition) is 4. The van der Waals surface area contributed by atoms with Crippen molar-refractivity contribution in [3.05, 3.63) is 64.2 Å². The Hall–Kier alpha value is -3.60. The van der Waals surface area contributed by atoms with Gasteiger partial charge >= 0.3 is 0 Å². The molecule has 2 aromatic heterocycles. The van der Waals surface area contributed by atoms with Crippen LogP contribution >= 0.6 is 23.2 Å². The summed E-state index contributed by atoms with van der Waals surface area (Å²) in [5, 5.41) is 5.80. The fourth-order valence-corrected chi connectivity index (χ4v) is 4.71.